The molecule has 0 heterocycles. The van der Waals surface area contributed by atoms with Crippen LogP contribution >= 0.6 is 0 Å². The smallest absolute Gasteiger partial charge is 0.325 e. The van der Waals surface area contributed by atoms with Gasteiger partial charge in [0, 0.05) is 6.42 Å². The largest absolute Gasteiger partial charge is 0.481 e. The highest BCUT2D eigenvalue weighted by Crippen LogP contribution is 2.42. The van der Waals surface area contributed by atoms with E-state index in [9.17, 15) is 14.4 Å². The quantitative estimate of drug-likeness (QED) is 0.705. The molecule has 6 heteroatoms. The first-order valence-electron chi connectivity index (χ1n) is 6.53. The molecule has 0 saturated heterocycles. The molecule has 0 bridgehead atoms. The molecule has 108 valence electrons. The molecule has 6 nitrogen and oxygen atoms in total. The number of aliphatic carboxylic acids is 1. The van der Waals surface area contributed by atoms with Gasteiger partial charge in [-0.05, 0) is 18.3 Å². The molecule has 0 aromatic carbocycles. The van der Waals surface area contributed by atoms with Crippen molar-refractivity contribution in [3.63, 3.8) is 0 Å². The molecule has 2 N–H and O–H groups in total. The Morgan fingerprint density at radius 2 is 1.79 bits per heavy atom. The van der Waals surface area contributed by atoms with E-state index in [2.05, 4.69) is 10.1 Å². The number of rotatable bonds is 6. The van der Waals surface area contributed by atoms with Crippen LogP contribution in [-0.2, 0) is 19.1 Å². The maximum atomic E-state index is 11.8. The van der Waals surface area contributed by atoms with Crippen molar-refractivity contribution in [1.29, 1.82) is 0 Å². The van der Waals surface area contributed by atoms with Gasteiger partial charge in [-0.25, -0.2) is 0 Å². The van der Waals surface area contributed by atoms with Crippen molar-refractivity contribution in [2.75, 3.05) is 13.7 Å². The van der Waals surface area contributed by atoms with Crippen LogP contribution in [-0.4, -0.2) is 36.6 Å². The van der Waals surface area contributed by atoms with Crippen molar-refractivity contribution >= 4 is 17.8 Å². The van der Waals surface area contributed by atoms with E-state index in [1.165, 1.54) is 7.11 Å². The van der Waals surface area contributed by atoms with E-state index in [4.69, 9.17) is 5.11 Å². The first-order valence-corrected chi connectivity index (χ1v) is 6.53. The highest BCUT2D eigenvalue weighted by molar-refractivity contribution is 5.82. The lowest BCUT2D eigenvalue weighted by atomic mass is 9.69. The Morgan fingerprint density at radius 1 is 1.16 bits per heavy atom. The molecular formula is C13H21NO5. The van der Waals surface area contributed by atoms with Gasteiger partial charge in [-0.2, -0.15) is 0 Å². The number of methoxy groups -OCH3 is 1. The van der Waals surface area contributed by atoms with E-state index in [0.717, 1.165) is 32.1 Å². The molecule has 0 spiro atoms. The van der Waals surface area contributed by atoms with Crippen LogP contribution in [0.5, 0.6) is 0 Å². The number of hydrogen-bond donors (Lipinski definition) is 2. The maximum Gasteiger partial charge on any atom is 0.325 e. The highest BCUT2D eigenvalue weighted by Gasteiger charge is 2.36. The summed E-state index contributed by atoms with van der Waals surface area (Å²) in [5, 5.41) is 11.5. The van der Waals surface area contributed by atoms with Gasteiger partial charge in [0.25, 0.3) is 0 Å². The molecule has 0 aromatic heterocycles. The molecule has 1 rings (SSSR count). The Hall–Kier alpha value is -1.59. The lowest BCUT2D eigenvalue weighted by Crippen LogP contribution is -2.37. The summed E-state index contributed by atoms with van der Waals surface area (Å²) in [6.45, 7) is -0.168. The number of esters is 1. The van der Waals surface area contributed by atoms with Gasteiger partial charge in [0.1, 0.15) is 6.54 Å². The van der Waals surface area contributed by atoms with Gasteiger partial charge in [-0.15, -0.1) is 0 Å². The van der Waals surface area contributed by atoms with Crippen LogP contribution in [0.25, 0.3) is 0 Å². The number of carbonyl (C=O) groups excluding carboxylic acids is 2. The van der Waals surface area contributed by atoms with E-state index in [0.29, 0.717) is 0 Å². The molecule has 1 amide bonds. The van der Waals surface area contributed by atoms with E-state index in [1.54, 1.807) is 0 Å². The van der Waals surface area contributed by atoms with Crippen LogP contribution in [0.2, 0.25) is 0 Å². The summed E-state index contributed by atoms with van der Waals surface area (Å²) in [4.78, 5) is 33.7. The molecule has 1 fully saturated rings. The number of carboxylic acid groups (broad SMARTS) is 1. The molecule has 0 aromatic rings. The minimum atomic E-state index is -0.873. The number of carboxylic acids is 1. The fourth-order valence-electron chi connectivity index (χ4n) is 2.68. The summed E-state index contributed by atoms with van der Waals surface area (Å²) in [6.07, 6.45) is 4.69. The Balaban J connectivity index is 2.54. The van der Waals surface area contributed by atoms with Gasteiger partial charge in [0.15, 0.2) is 0 Å². The van der Waals surface area contributed by atoms with Gasteiger partial charge in [0.2, 0.25) is 5.91 Å². The van der Waals surface area contributed by atoms with E-state index >= 15 is 0 Å². The van der Waals surface area contributed by atoms with Crippen molar-refractivity contribution < 1.29 is 24.2 Å². The molecule has 0 aliphatic heterocycles. The SMILES string of the molecule is COC(=O)CNC(=O)CC1(CC(=O)O)CCCCC1. The molecule has 0 unspecified atom stereocenters. The number of amides is 1. The van der Waals surface area contributed by atoms with Gasteiger partial charge in [-0.3, -0.25) is 14.4 Å². The molecule has 0 radical (unpaired) electrons. The number of ether oxygens (including phenoxy) is 1. The minimum Gasteiger partial charge on any atom is -0.481 e. The maximum absolute atomic E-state index is 11.8. The molecule has 0 atom stereocenters. The van der Waals surface area contributed by atoms with E-state index in [1.807, 2.05) is 0 Å². The molecule has 1 saturated carbocycles. The summed E-state index contributed by atoms with van der Waals surface area (Å²) >= 11 is 0. The molecule has 19 heavy (non-hydrogen) atoms. The summed E-state index contributed by atoms with van der Waals surface area (Å²) < 4.78 is 4.43. The second-order valence-corrected chi connectivity index (χ2v) is 5.16. The van der Waals surface area contributed by atoms with Crippen molar-refractivity contribution in [1.82, 2.24) is 5.32 Å². The summed E-state index contributed by atoms with van der Waals surface area (Å²) in [5.41, 5.74) is -0.454. The number of carbonyl (C=O) groups is 3. The zero-order valence-corrected chi connectivity index (χ0v) is 11.2. The average Bonchev–Trinajstić information content (AvgIpc) is 2.35. The topological polar surface area (TPSA) is 92.7 Å². The molecule has 1 aliphatic rings. The van der Waals surface area contributed by atoms with Crippen molar-refractivity contribution in [3.05, 3.63) is 0 Å². The number of hydrogen-bond acceptors (Lipinski definition) is 4. The predicted octanol–water partition coefficient (Wildman–Crippen LogP) is 1.09. The van der Waals surface area contributed by atoms with Crippen molar-refractivity contribution in [2.45, 2.75) is 44.9 Å². The van der Waals surface area contributed by atoms with Crippen LogP contribution < -0.4 is 5.32 Å². The standard InChI is InChI=1S/C13H21NO5/c1-19-12(18)9-14-10(15)7-13(8-11(16)17)5-3-2-4-6-13/h2-9H2,1H3,(H,14,15)(H,16,17). The van der Waals surface area contributed by atoms with Crippen LogP contribution in [0, 0.1) is 5.41 Å². The van der Waals surface area contributed by atoms with Gasteiger partial charge in [-0.1, -0.05) is 19.3 Å². The summed E-state index contributed by atoms with van der Waals surface area (Å²) in [7, 11) is 1.25. The van der Waals surface area contributed by atoms with Gasteiger partial charge >= 0.3 is 11.9 Å². The monoisotopic (exact) mass is 271 g/mol. The van der Waals surface area contributed by atoms with Crippen LogP contribution in [0.1, 0.15) is 44.9 Å². The van der Waals surface area contributed by atoms with Gasteiger partial charge in [0.05, 0.1) is 13.5 Å². The fourth-order valence-corrected chi connectivity index (χ4v) is 2.68. The lowest BCUT2D eigenvalue weighted by Gasteiger charge is -2.35. The predicted molar refractivity (Wildman–Crippen MR) is 67.4 cm³/mol. The average molecular weight is 271 g/mol. The van der Waals surface area contributed by atoms with Gasteiger partial charge < -0.3 is 15.2 Å². The lowest BCUT2D eigenvalue weighted by molar-refractivity contribution is -0.143. The molecular weight excluding hydrogens is 250 g/mol. The Kier molecular flexibility index (Phi) is 5.79. The number of nitrogens with one attached hydrogen (secondary N) is 1. The zero-order valence-electron chi connectivity index (χ0n) is 11.2. The first kappa shape index (κ1) is 15.5. The first-order chi connectivity index (χ1) is 8.97. The van der Waals surface area contributed by atoms with Crippen LogP contribution in [0.15, 0.2) is 0 Å². The Bertz CT molecular complexity index is 347. The second-order valence-electron chi connectivity index (χ2n) is 5.16. The van der Waals surface area contributed by atoms with Crippen molar-refractivity contribution in [2.24, 2.45) is 5.41 Å². The molecule has 1 aliphatic carbocycles. The Labute approximate surface area is 112 Å². The Morgan fingerprint density at radius 3 is 2.32 bits per heavy atom. The highest BCUT2D eigenvalue weighted by atomic mass is 16.5. The fraction of sp³-hybridized carbons (Fsp3) is 0.769. The third-order valence-electron chi connectivity index (χ3n) is 3.63. The zero-order chi connectivity index (χ0) is 14.3. The minimum absolute atomic E-state index is 0.0125. The summed E-state index contributed by atoms with van der Waals surface area (Å²) in [5.74, 6) is -1.67. The van der Waals surface area contributed by atoms with E-state index in [-0.39, 0.29) is 25.3 Å². The van der Waals surface area contributed by atoms with Crippen LogP contribution in [0.4, 0.5) is 0 Å². The summed E-state index contributed by atoms with van der Waals surface area (Å²) in [6, 6.07) is 0. The van der Waals surface area contributed by atoms with Crippen LogP contribution in [0.3, 0.4) is 0 Å². The third kappa shape index (κ3) is 5.28. The normalized spacial score (nSPS) is 17.5. The van der Waals surface area contributed by atoms with E-state index < -0.39 is 17.4 Å². The third-order valence-corrected chi connectivity index (χ3v) is 3.63. The van der Waals surface area contributed by atoms with Crippen molar-refractivity contribution in [3.8, 4) is 0 Å². The second kappa shape index (κ2) is 7.11.